The van der Waals surface area contributed by atoms with Crippen molar-refractivity contribution in [2.24, 2.45) is 5.90 Å². The van der Waals surface area contributed by atoms with Crippen LogP contribution < -0.4 is 21.8 Å². The first-order chi connectivity index (χ1) is 13.3. The van der Waals surface area contributed by atoms with Gasteiger partial charge in [-0.3, -0.25) is 5.32 Å². The molecule has 5 N–H and O–H groups in total. The van der Waals surface area contributed by atoms with Crippen LogP contribution in [-0.2, 0) is 17.4 Å². The average Bonchev–Trinajstić information content (AvgIpc) is 2.65. The second kappa shape index (κ2) is 9.65. The highest BCUT2D eigenvalue weighted by atomic mass is 19.4. The SMILES string of the molecule is C[C@@H](Cc1ccccc1)N/C=C(/NC(=O)Nc1cccc(C(F)(F)F)c1)ON. The highest BCUT2D eigenvalue weighted by Gasteiger charge is 2.30. The number of benzene rings is 2. The number of halogens is 3. The topological polar surface area (TPSA) is 88.4 Å². The summed E-state index contributed by atoms with van der Waals surface area (Å²) in [6.45, 7) is 1.93. The number of hydrogen-bond donors (Lipinski definition) is 4. The summed E-state index contributed by atoms with van der Waals surface area (Å²) in [4.78, 5) is 16.6. The lowest BCUT2D eigenvalue weighted by atomic mass is 10.1. The molecule has 0 aliphatic heterocycles. The Bertz CT molecular complexity index is 810. The number of amides is 2. The molecule has 0 saturated carbocycles. The van der Waals surface area contributed by atoms with Crippen molar-refractivity contribution in [3.05, 3.63) is 77.8 Å². The summed E-state index contributed by atoms with van der Waals surface area (Å²) in [5, 5.41) is 7.63. The molecule has 0 radical (unpaired) electrons. The molecule has 2 aromatic rings. The average molecular weight is 394 g/mol. The van der Waals surface area contributed by atoms with Gasteiger partial charge in [0.15, 0.2) is 0 Å². The quantitative estimate of drug-likeness (QED) is 0.426. The lowest BCUT2D eigenvalue weighted by Crippen LogP contribution is -2.33. The van der Waals surface area contributed by atoms with E-state index in [2.05, 4.69) is 20.8 Å². The van der Waals surface area contributed by atoms with Gasteiger partial charge in [-0.1, -0.05) is 36.4 Å². The van der Waals surface area contributed by atoms with Gasteiger partial charge < -0.3 is 15.5 Å². The van der Waals surface area contributed by atoms with Crippen molar-refractivity contribution in [1.29, 1.82) is 0 Å². The smallest absolute Gasteiger partial charge is 0.391 e. The zero-order valence-electron chi connectivity index (χ0n) is 15.1. The van der Waals surface area contributed by atoms with E-state index < -0.39 is 17.8 Å². The fraction of sp³-hybridized carbons (Fsp3) is 0.211. The molecule has 0 spiro atoms. The largest absolute Gasteiger partial charge is 0.416 e. The van der Waals surface area contributed by atoms with Gasteiger partial charge in [-0.05, 0) is 37.1 Å². The van der Waals surface area contributed by atoms with Crippen LogP contribution in [0, 0.1) is 0 Å². The Hall–Kier alpha value is -3.20. The van der Waals surface area contributed by atoms with Gasteiger partial charge in [-0.25, -0.2) is 4.79 Å². The molecule has 0 fully saturated rings. The van der Waals surface area contributed by atoms with Crippen molar-refractivity contribution in [3.63, 3.8) is 0 Å². The van der Waals surface area contributed by atoms with E-state index in [4.69, 9.17) is 5.90 Å². The van der Waals surface area contributed by atoms with Gasteiger partial charge in [0.05, 0.1) is 11.8 Å². The number of nitrogens with two attached hydrogens (primary N) is 1. The van der Waals surface area contributed by atoms with Gasteiger partial charge >= 0.3 is 12.2 Å². The molecule has 9 heteroatoms. The van der Waals surface area contributed by atoms with E-state index in [1.807, 2.05) is 37.3 Å². The van der Waals surface area contributed by atoms with E-state index in [0.717, 1.165) is 24.1 Å². The molecule has 0 aliphatic carbocycles. The number of anilines is 1. The van der Waals surface area contributed by atoms with Crippen LogP contribution in [0.1, 0.15) is 18.1 Å². The Balaban J connectivity index is 1.91. The molecule has 0 aliphatic rings. The Morgan fingerprint density at radius 2 is 1.89 bits per heavy atom. The minimum Gasteiger partial charge on any atom is -0.391 e. The molecule has 2 amide bonds. The number of carbonyl (C=O) groups excluding carboxylic acids is 1. The van der Waals surface area contributed by atoms with Crippen molar-refractivity contribution >= 4 is 11.7 Å². The lowest BCUT2D eigenvalue weighted by molar-refractivity contribution is -0.137. The highest BCUT2D eigenvalue weighted by Crippen LogP contribution is 2.30. The van der Waals surface area contributed by atoms with Crippen molar-refractivity contribution < 1.29 is 22.8 Å². The number of hydrogen-bond acceptors (Lipinski definition) is 4. The Labute approximate surface area is 160 Å². The predicted octanol–water partition coefficient (Wildman–Crippen LogP) is 3.74. The summed E-state index contributed by atoms with van der Waals surface area (Å²) >= 11 is 0. The second-order valence-corrected chi connectivity index (χ2v) is 6.04. The van der Waals surface area contributed by atoms with Gasteiger partial charge in [0, 0.05) is 11.7 Å². The molecule has 2 rings (SSSR count). The maximum atomic E-state index is 12.7. The zero-order valence-corrected chi connectivity index (χ0v) is 15.1. The third-order valence-electron chi connectivity index (χ3n) is 3.70. The van der Waals surface area contributed by atoms with E-state index in [-0.39, 0.29) is 17.6 Å². The van der Waals surface area contributed by atoms with Crippen molar-refractivity contribution in [2.45, 2.75) is 25.6 Å². The second-order valence-electron chi connectivity index (χ2n) is 6.04. The van der Waals surface area contributed by atoms with Crippen LogP contribution in [0.3, 0.4) is 0 Å². The molecule has 0 saturated heterocycles. The minimum absolute atomic E-state index is 0.0147. The first-order valence-electron chi connectivity index (χ1n) is 8.40. The van der Waals surface area contributed by atoms with Crippen LogP contribution >= 0.6 is 0 Å². The van der Waals surface area contributed by atoms with Gasteiger partial charge in [-0.2, -0.15) is 19.1 Å². The van der Waals surface area contributed by atoms with Crippen LogP contribution in [0.4, 0.5) is 23.7 Å². The monoisotopic (exact) mass is 394 g/mol. The maximum absolute atomic E-state index is 12.7. The van der Waals surface area contributed by atoms with Crippen LogP contribution in [0.2, 0.25) is 0 Å². The number of nitrogens with one attached hydrogen (secondary N) is 3. The normalized spacial score (nSPS) is 12.8. The molecular formula is C19H21F3N4O2. The summed E-state index contributed by atoms with van der Waals surface area (Å²) in [6.07, 6.45) is -2.40. The Kier molecular flexibility index (Phi) is 7.28. The summed E-state index contributed by atoms with van der Waals surface area (Å²) in [6, 6.07) is 13.3. The Morgan fingerprint density at radius 3 is 2.54 bits per heavy atom. The molecular weight excluding hydrogens is 373 g/mol. The van der Waals surface area contributed by atoms with Crippen molar-refractivity contribution in [3.8, 4) is 0 Å². The van der Waals surface area contributed by atoms with Crippen LogP contribution in [0.15, 0.2) is 66.7 Å². The number of rotatable bonds is 7. The third-order valence-corrected chi connectivity index (χ3v) is 3.70. The molecule has 28 heavy (non-hydrogen) atoms. The number of carbonyl (C=O) groups is 1. The van der Waals surface area contributed by atoms with Crippen molar-refractivity contribution in [1.82, 2.24) is 10.6 Å². The molecule has 1 atom stereocenters. The minimum atomic E-state index is -4.50. The first-order valence-corrected chi connectivity index (χ1v) is 8.40. The fourth-order valence-corrected chi connectivity index (χ4v) is 2.39. The molecule has 6 nitrogen and oxygen atoms in total. The molecule has 150 valence electrons. The predicted molar refractivity (Wildman–Crippen MR) is 99.7 cm³/mol. The van der Waals surface area contributed by atoms with Gasteiger partial charge in [0.2, 0.25) is 5.88 Å². The molecule has 0 heterocycles. The zero-order chi connectivity index (χ0) is 20.6. The Morgan fingerprint density at radius 1 is 1.18 bits per heavy atom. The van der Waals surface area contributed by atoms with E-state index in [1.165, 1.54) is 18.3 Å². The fourth-order valence-electron chi connectivity index (χ4n) is 2.39. The van der Waals surface area contributed by atoms with Crippen LogP contribution in [0.25, 0.3) is 0 Å². The highest BCUT2D eigenvalue weighted by molar-refractivity contribution is 5.90. The van der Waals surface area contributed by atoms with Gasteiger partial charge in [0.25, 0.3) is 0 Å². The number of urea groups is 1. The first kappa shape index (κ1) is 21.1. The molecule has 0 unspecified atom stereocenters. The van der Waals surface area contributed by atoms with Gasteiger partial charge in [0.1, 0.15) is 0 Å². The maximum Gasteiger partial charge on any atom is 0.416 e. The van der Waals surface area contributed by atoms with E-state index in [9.17, 15) is 18.0 Å². The molecule has 0 aromatic heterocycles. The summed E-state index contributed by atoms with van der Waals surface area (Å²) in [5.41, 5.74) is 0.239. The van der Waals surface area contributed by atoms with Crippen LogP contribution in [-0.4, -0.2) is 12.1 Å². The van der Waals surface area contributed by atoms with E-state index >= 15 is 0 Å². The molecule has 0 bridgehead atoms. The number of alkyl halides is 3. The molecule has 2 aromatic carbocycles. The third kappa shape index (κ3) is 6.84. The summed E-state index contributed by atoms with van der Waals surface area (Å²) < 4.78 is 38.2. The van der Waals surface area contributed by atoms with E-state index in [1.54, 1.807) is 0 Å². The van der Waals surface area contributed by atoms with E-state index in [0.29, 0.717) is 0 Å². The van der Waals surface area contributed by atoms with Crippen molar-refractivity contribution in [2.75, 3.05) is 5.32 Å². The van der Waals surface area contributed by atoms with Crippen LogP contribution in [0.5, 0.6) is 0 Å². The lowest BCUT2D eigenvalue weighted by Gasteiger charge is -2.14. The standard InChI is InChI=1S/C19H21F3N4O2/c1-13(10-14-6-3-2-4-7-14)24-12-17(28-23)26-18(27)25-16-9-5-8-15(11-16)19(20,21)22/h2-9,11-13,24H,10,23H2,1H3,(H2,25,26,27)/b17-12-/t13-/m0/s1. The van der Waals surface area contributed by atoms with Gasteiger partial charge in [-0.15, -0.1) is 0 Å². The summed E-state index contributed by atoms with van der Waals surface area (Å²) in [7, 11) is 0. The summed E-state index contributed by atoms with van der Waals surface area (Å²) in [5.74, 6) is 5.04.